The van der Waals surface area contributed by atoms with Gasteiger partial charge in [-0.2, -0.15) is 0 Å². The van der Waals surface area contributed by atoms with E-state index in [9.17, 15) is 9.59 Å². The zero-order chi connectivity index (χ0) is 12.7. The van der Waals surface area contributed by atoms with Crippen molar-refractivity contribution in [3.63, 3.8) is 0 Å². The zero-order valence-electron chi connectivity index (χ0n) is 9.60. The first-order valence-electron chi connectivity index (χ1n) is 5.38. The first-order chi connectivity index (χ1) is 8.13. The van der Waals surface area contributed by atoms with Crippen LogP contribution in [0.15, 0.2) is 17.5 Å². The van der Waals surface area contributed by atoms with E-state index in [1.807, 2.05) is 24.4 Å². The smallest absolute Gasteiger partial charge is 0.305 e. The Bertz CT molecular complexity index is 365. The third-order valence-corrected chi connectivity index (χ3v) is 3.12. The number of likely N-dealkylation sites (N-methyl/N-ethyl adjacent to an activating group) is 1. The van der Waals surface area contributed by atoms with Crippen LogP contribution in [0.2, 0.25) is 0 Å². The van der Waals surface area contributed by atoms with Gasteiger partial charge in [-0.3, -0.25) is 9.59 Å². The summed E-state index contributed by atoms with van der Waals surface area (Å²) in [5.41, 5.74) is 0. The summed E-state index contributed by atoms with van der Waals surface area (Å²) < 4.78 is 0. The first-order valence-corrected chi connectivity index (χ1v) is 6.26. The molecule has 0 saturated carbocycles. The molecule has 1 aromatic rings. The number of aliphatic carboxylic acids is 1. The first kappa shape index (κ1) is 13.7. The minimum Gasteiger partial charge on any atom is -0.481 e. The molecule has 0 spiro atoms. The molecular formula is C11H16N2O3S. The minimum absolute atomic E-state index is 0.0988. The number of thiophene rings is 1. The van der Waals surface area contributed by atoms with Crippen LogP contribution in [0.25, 0.3) is 0 Å². The molecule has 0 aliphatic carbocycles. The van der Waals surface area contributed by atoms with Gasteiger partial charge in [0.15, 0.2) is 0 Å². The summed E-state index contributed by atoms with van der Waals surface area (Å²) in [6, 6.07) is 3.22. The molecule has 0 bridgehead atoms. The summed E-state index contributed by atoms with van der Waals surface area (Å²) in [6.07, 6.45) is -0.0988. The summed E-state index contributed by atoms with van der Waals surface area (Å²) in [7, 11) is 0. The Morgan fingerprint density at radius 1 is 1.53 bits per heavy atom. The number of carboxylic acids is 1. The van der Waals surface area contributed by atoms with Crippen molar-refractivity contribution in [1.29, 1.82) is 0 Å². The topological polar surface area (TPSA) is 78.4 Å². The van der Waals surface area contributed by atoms with Crippen molar-refractivity contribution in [1.82, 2.24) is 10.6 Å². The quantitative estimate of drug-likeness (QED) is 0.680. The van der Waals surface area contributed by atoms with Gasteiger partial charge in [0.25, 0.3) is 0 Å². The molecule has 1 heterocycles. The highest BCUT2D eigenvalue weighted by Crippen LogP contribution is 2.21. The van der Waals surface area contributed by atoms with E-state index in [4.69, 9.17) is 5.11 Å². The van der Waals surface area contributed by atoms with Gasteiger partial charge < -0.3 is 15.7 Å². The lowest BCUT2D eigenvalue weighted by Crippen LogP contribution is -2.36. The number of amides is 1. The number of hydrogen-bond donors (Lipinski definition) is 3. The Balaban J connectivity index is 2.58. The Morgan fingerprint density at radius 3 is 2.82 bits per heavy atom. The average Bonchev–Trinajstić information content (AvgIpc) is 2.78. The molecule has 0 radical (unpaired) electrons. The normalized spacial score (nSPS) is 12.1. The molecule has 17 heavy (non-hydrogen) atoms. The molecule has 1 unspecified atom stereocenters. The lowest BCUT2D eigenvalue weighted by molar-refractivity contribution is -0.137. The van der Waals surface area contributed by atoms with Crippen LogP contribution in [0.4, 0.5) is 0 Å². The summed E-state index contributed by atoms with van der Waals surface area (Å²) >= 11 is 1.44. The monoisotopic (exact) mass is 256 g/mol. The summed E-state index contributed by atoms with van der Waals surface area (Å²) in [5.74, 6) is -1.11. The second-order valence-electron chi connectivity index (χ2n) is 3.51. The molecule has 0 aliphatic rings. The fourth-order valence-corrected chi connectivity index (χ4v) is 2.15. The summed E-state index contributed by atoms with van der Waals surface area (Å²) in [6.45, 7) is 2.81. The highest BCUT2D eigenvalue weighted by atomic mass is 32.1. The van der Waals surface area contributed by atoms with E-state index in [0.29, 0.717) is 6.54 Å². The van der Waals surface area contributed by atoms with Crippen LogP contribution in [0, 0.1) is 0 Å². The van der Waals surface area contributed by atoms with Crippen molar-refractivity contribution >= 4 is 23.2 Å². The largest absolute Gasteiger partial charge is 0.481 e. The maximum atomic E-state index is 11.5. The van der Waals surface area contributed by atoms with E-state index in [1.165, 1.54) is 11.3 Å². The van der Waals surface area contributed by atoms with E-state index in [2.05, 4.69) is 10.6 Å². The number of nitrogens with one attached hydrogen (secondary N) is 2. The summed E-state index contributed by atoms with van der Waals surface area (Å²) in [4.78, 5) is 23.1. The highest BCUT2D eigenvalue weighted by molar-refractivity contribution is 7.10. The fourth-order valence-electron chi connectivity index (χ4n) is 1.37. The van der Waals surface area contributed by atoms with Gasteiger partial charge in [-0.05, 0) is 18.0 Å². The SMILES string of the molecule is CCNCC(=O)NC(CC(=O)O)c1cccs1. The Morgan fingerprint density at radius 2 is 2.29 bits per heavy atom. The molecule has 1 amide bonds. The van der Waals surface area contributed by atoms with Crippen molar-refractivity contribution in [2.45, 2.75) is 19.4 Å². The van der Waals surface area contributed by atoms with Gasteiger partial charge in [0.2, 0.25) is 5.91 Å². The van der Waals surface area contributed by atoms with E-state index in [1.54, 1.807) is 0 Å². The molecule has 0 aromatic carbocycles. The van der Waals surface area contributed by atoms with E-state index < -0.39 is 12.0 Å². The van der Waals surface area contributed by atoms with Crippen molar-refractivity contribution in [2.24, 2.45) is 0 Å². The van der Waals surface area contributed by atoms with Crippen molar-refractivity contribution < 1.29 is 14.7 Å². The number of carbonyl (C=O) groups excluding carboxylic acids is 1. The average molecular weight is 256 g/mol. The number of carbonyl (C=O) groups is 2. The predicted molar refractivity (Wildman–Crippen MR) is 66.0 cm³/mol. The standard InChI is InChI=1S/C11H16N2O3S/c1-2-12-7-10(14)13-8(6-11(15)16)9-4-3-5-17-9/h3-5,8,12H,2,6-7H2,1H3,(H,13,14)(H,15,16). The van der Waals surface area contributed by atoms with Crippen molar-refractivity contribution in [2.75, 3.05) is 13.1 Å². The van der Waals surface area contributed by atoms with Gasteiger partial charge >= 0.3 is 5.97 Å². The molecule has 0 fully saturated rings. The Kier molecular flexibility index (Phi) is 5.65. The van der Waals surface area contributed by atoms with Crippen LogP contribution in [-0.4, -0.2) is 30.1 Å². The number of rotatable bonds is 7. The molecule has 3 N–H and O–H groups in total. The molecule has 6 heteroatoms. The molecule has 1 rings (SSSR count). The van der Waals surface area contributed by atoms with Gasteiger partial charge in [0.05, 0.1) is 19.0 Å². The summed E-state index contributed by atoms with van der Waals surface area (Å²) in [5, 5.41) is 16.3. The molecule has 94 valence electrons. The van der Waals surface area contributed by atoms with Crippen molar-refractivity contribution in [3.05, 3.63) is 22.4 Å². The Hall–Kier alpha value is -1.40. The molecule has 0 aliphatic heterocycles. The molecule has 1 aromatic heterocycles. The predicted octanol–water partition coefficient (Wildman–Crippen LogP) is 0.990. The van der Waals surface area contributed by atoms with Crippen LogP contribution < -0.4 is 10.6 Å². The van der Waals surface area contributed by atoms with Crippen LogP contribution in [0.3, 0.4) is 0 Å². The highest BCUT2D eigenvalue weighted by Gasteiger charge is 2.18. The molecular weight excluding hydrogens is 240 g/mol. The second-order valence-corrected chi connectivity index (χ2v) is 4.49. The molecule has 0 saturated heterocycles. The van der Waals surface area contributed by atoms with Crippen LogP contribution >= 0.6 is 11.3 Å². The minimum atomic E-state index is -0.924. The third kappa shape index (κ3) is 4.97. The van der Waals surface area contributed by atoms with Crippen molar-refractivity contribution in [3.8, 4) is 0 Å². The molecule has 5 nitrogen and oxygen atoms in total. The van der Waals surface area contributed by atoms with E-state index in [0.717, 1.165) is 4.88 Å². The van der Waals surface area contributed by atoms with E-state index in [-0.39, 0.29) is 18.9 Å². The number of hydrogen-bond acceptors (Lipinski definition) is 4. The van der Waals surface area contributed by atoms with Crippen LogP contribution in [0.5, 0.6) is 0 Å². The fraction of sp³-hybridized carbons (Fsp3) is 0.455. The van der Waals surface area contributed by atoms with Gasteiger partial charge in [0, 0.05) is 4.88 Å². The van der Waals surface area contributed by atoms with Crippen LogP contribution in [0.1, 0.15) is 24.3 Å². The van der Waals surface area contributed by atoms with Gasteiger partial charge in [-0.1, -0.05) is 13.0 Å². The third-order valence-electron chi connectivity index (χ3n) is 2.14. The van der Waals surface area contributed by atoms with Crippen LogP contribution in [-0.2, 0) is 9.59 Å². The lowest BCUT2D eigenvalue weighted by atomic mass is 10.1. The van der Waals surface area contributed by atoms with Gasteiger partial charge in [0.1, 0.15) is 0 Å². The number of carboxylic acid groups (broad SMARTS) is 1. The molecule has 1 atom stereocenters. The Labute approximate surface area is 104 Å². The zero-order valence-corrected chi connectivity index (χ0v) is 10.4. The maximum Gasteiger partial charge on any atom is 0.305 e. The van der Waals surface area contributed by atoms with Gasteiger partial charge in [-0.15, -0.1) is 11.3 Å². The maximum absolute atomic E-state index is 11.5. The lowest BCUT2D eigenvalue weighted by Gasteiger charge is -2.15. The second kappa shape index (κ2) is 7.03. The van der Waals surface area contributed by atoms with Gasteiger partial charge in [-0.25, -0.2) is 0 Å². The van der Waals surface area contributed by atoms with E-state index >= 15 is 0 Å².